The van der Waals surface area contributed by atoms with Gasteiger partial charge in [-0.3, -0.25) is 14.5 Å². The molecular weight excluding hydrogens is 394 g/mol. The molecule has 1 atom stereocenters. The maximum atomic E-state index is 12.7. The maximum Gasteiger partial charge on any atom is 0.265 e. The van der Waals surface area contributed by atoms with E-state index >= 15 is 0 Å². The van der Waals surface area contributed by atoms with E-state index in [9.17, 15) is 9.59 Å². The molecule has 0 bridgehead atoms. The summed E-state index contributed by atoms with van der Waals surface area (Å²) < 4.78 is 0. The van der Waals surface area contributed by atoms with Gasteiger partial charge in [0.05, 0.1) is 10.9 Å². The molecule has 2 aromatic carbocycles. The van der Waals surface area contributed by atoms with E-state index in [1.165, 1.54) is 16.9 Å². The first-order chi connectivity index (χ1) is 14.6. The summed E-state index contributed by atoms with van der Waals surface area (Å²) in [5, 5.41) is 7.77. The molecule has 2 N–H and O–H groups in total. The van der Waals surface area contributed by atoms with Gasteiger partial charge < -0.3 is 10.6 Å². The summed E-state index contributed by atoms with van der Waals surface area (Å²) in [7, 11) is 0. The SMILES string of the molecule is CCN(CC)C(CNC(=O)c1ccc(NC(=O)c2cccs2)cc1)c1ccccc1. The Bertz CT molecular complexity index is 936. The number of amides is 2. The zero-order valence-electron chi connectivity index (χ0n) is 17.3. The number of carbonyl (C=O) groups excluding carboxylic acids is 2. The Balaban J connectivity index is 1.62. The Kier molecular flexibility index (Phi) is 7.76. The number of carbonyl (C=O) groups is 2. The van der Waals surface area contributed by atoms with Crippen molar-refractivity contribution in [3.63, 3.8) is 0 Å². The topological polar surface area (TPSA) is 61.4 Å². The van der Waals surface area contributed by atoms with E-state index in [4.69, 9.17) is 0 Å². The van der Waals surface area contributed by atoms with E-state index < -0.39 is 0 Å². The summed E-state index contributed by atoms with van der Waals surface area (Å²) in [6, 6.07) is 20.9. The fraction of sp³-hybridized carbons (Fsp3) is 0.250. The lowest BCUT2D eigenvalue weighted by Crippen LogP contribution is -2.38. The Morgan fingerprint density at radius 2 is 1.60 bits per heavy atom. The average molecular weight is 422 g/mol. The smallest absolute Gasteiger partial charge is 0.265 e. The summed E-state index contributed by atoms with van der Waals surface area (Å²) in [6.45, 7) is 6.60. The Hall–Kier alpha value is -2.96. The summed E-state index contributed by atoms with van der Waals surface area (Å²) >= 11 is 1.39. The monoisotopic (exact) mass is 421 g/mol. The van der Waals surface area contributed by atoms with Crippen LogP contribution in [0, 0.1) is 0 Å². The van der Waals surface area contributed by atoms with E-state index in [0.717, 1.165) is 13.1 Å². The largest absolute Gasteiger partial charge is 0.350 e. The lowest BCUT2D eigenvalue weighted by molar-refractivity contribution is 0.0934. The van der Waals surface area contributed by atoms with Crippen molar-refractivity contribution >= 4 is 28.8 Å². The molecule has 0 aliphatic heterocycles. The van der Waals surface area contributed by atoms with Gasteiger partial charge in [-0.2, -0.15) is 0 Å². The van der Waals surface area contributed by atoms with Crippen molar-refractivity contribution in [1.29, 1.82) is 0 Å². The number of nitrogens with zero attached hydrogens (tertiary/aromatic N) is 1. The van der Waals surface area contributed by atoms with E-state index in [2.05, 4.69) is 41.5 Å². The first-order valence-electron chi connectivity index (χ1n) is 10.1. The predicted octanol–water partition coefficient (Wildman–Crippen LogP) is 4.81. The third-order valence-electron chi connectivity index (χ3n) is 5.04. The molecule has 0 aliphatic carbocycles. The van der Waals surface area contributed by atoms with Crippen LogP contribution in [0.3, 0.4) is 0 Å². The molecule has 1 aromatic heterocycles. The highest BCUT2D eigenvalue weighted by Gasteiger charge is 2.19. The van der Waals surface area contributed by atoms with Crippen molar-refractivity contribution in [2.24, 2.45) is 0 Å². The normalized spacial score (nSPS) is 11.8. The van der Waals surface area contributed by atoms with Crippen molar-refractivity contribution in [3.05, 3.63) is 88.1 Å². The number of rotatable bonds is 9. The lowest BCUT2D eigenvalue weighted by atomic mass is 10.0. The zero-order chi connectivity index (χ0) is 21.3. The second-order valence-electron chi connectivity index (χ2n) is 6.87. The molecule has 3 rings (SSSR count). The Morgan fingerprint density at radius 1 is 0.900 bits per heavy atom. The number of hydrogen-bond donors (Lipinski definition) is 2. The summed E-state index contributed by atoms with van der Waals surface area (Å²) in [4.78, 5) is 27.8. The molecular formula is C24H27N3O2S. The van der Waals surface area contributed by atoms with Crippen LogP contribution in [0.25, 0.3) is 0 Å². The third kappa shape index (κ3) is 5.55. The standard InChI is InChI=1S/C24H27N3O2S/c1-3-27(4-2)21(18-9-6-5-7-10-18)17-25-23(28)19-12-14-20(15-13-19)26-24(29)22-11-8-16-30-22/h5-16,21H,3-4,17H2,1-2H3,(H,25,28)(H,26,29). The van der Waals surface area contributed by atoms with Crippen molar-refractivity contribution in [1.82, 2.24) is 10.2 Å². The molecule has 0 saturated heterocycles. The van der Waals surface area contributed by atoms with Crippen LogP contribution < -0.4 is 10.6 Å². The first kappa shape index (κ1) is 21.7. The summed E-state index contributed by atoms with van der Waals surface area (Å²) in [5.41, 5.74) is 2.42. The second-order valence-corrected chi connectivity index (χ2v) is 7.81. The number of benzene rings is 2. The molecule has 0 fully saturated rings. The summed E-state index contributed by atoms with van der Waals surface area (Å²) in [5.74, 6) is -0.272. The van der Waals surface area contributed by atoms with Crippen LogP contribution in [0.4, 0.5) is 5.69 Å². The minimum atomic E-state index is -0.146. The van der Waals surface area contributed by atoms with Crippen LogP contribution in [0.15, 0.2) is 72.1 Å². The molecule has 2 amide bonds. The van der Waals surface area contributed by atoms with Crippen LogP contribution in [0.2, 0.25) is 0 Å². The fourth-order valence-corrected chi connectivity index (χ4v) is 4.01. The molecule has 0 spiro atoms. The molecule has 0 saturated carbocycles. The van der Waals surface area contributed by atoms with Gasteiger partial charge in [0.1, 0.15) is 0 Å². The van der Waals surface area contributed by atoms with E-state index in [0.29, 0.717) is 22.7 Å². The fourth-order valence-electron chi connectivity index (χ4n) is 3.39. The van der Waals surface area contributed by atoms with Gasteiger partial charge in [-0.25, -0.2) is 0 Å². The van der Waals surface area contributed by atoms with E-state index in [1.54, 1.807) is 30.3 Å². The van der Waals surface area contributed by atoms with Gasteiger partial charge in [0.25, 0.3) is 11.8 Å². The number of anilines is 1. The summed E-state index contributed by atoms with van der Waals surface area (Å²) in [6.07, 6.45) is 0. The third-order valence-corrected chi connectivity index (χ3v) is 5.91. The van der Waals surface area contributed by atoms with Gasteiger partial charge in [0, 0.05) is 17.8 Å². The van der Waals surface area contributed by atoms with Crippen molar-refractivity contribution in [3.8, 4) is 0 Å². The highest BCUT2D eigenvalue weighted by molar-refractivity contribution is 7.12. The van der Waals surface area contributed by atoms with Gasteiger partial charge in [-0.15, -0.1) is 11.3 Å². The minimum Gasteiger partial charge on any atom is -0.350 e. The molecule has 30 heavy (non-hydrogen) atoms. The molecule has 3 aromatic rings. The van der Waals surface area contributed by atoms with E-state index in [-0.39, 0.29) is 17.9 Å². The highest BCUT2D eigenvalue weighted by Crippen LogP contribution is 2.20. The Morgan fingerprint density at radius 3 is 2.20 bits per heavy atom. The number of nitrogens with one attached hydrogen (secondary N) is 2. The molecule has 1 heterocycles. The van der Waals surface area contributed by atoms with Crippen LogP contribution in [0.1, 0.15) is 45.5 Å². The van der Waals surface area contributed by atoms with Crippen LogP contribution in [-0.2, 0) is 0 Å². The predicted molar refractivity (Wildman–Crippen MR) is 123 cm³/mol. The van der Waals surface area contributed by atoms with E-state index in [1.807, 2.05) is 29.6 Å². The van der Waals surface area contributed by atoms with Gasteiger partial charge in [0.15, 0.2) is 0 Å². The number of likely N-dealkylation sites (N-methyl/N-ethyl adjacent to an activating group) is 1. The average Bonchev–Trinajstić information content (AvgIpc) is 3.33. The number of hydrogen-bond acceptors (Lipinski definition) is 4. The minimum absolute atomic E-state index is 0.120. The maximum absolute atomic E-state index is 12.7. The van der Waals surface area contributed by atoms with Crippen LogP contribution in [-0.4, -0.2) is 36.3 Å². The molecule has 0 radical (unpaired) electrons. The number of thiophene rings is 1. The molecule has 5 nitrogen and oxygen atoms in total. The van der Waals surface area contributed by atoms with Gasteiger partial charge >= 0.3 is 0 Å². The quantitative estimate of drug-likeness (QED) is 0.521. The van der Waals surface area contributed by atoms with Gasteiger partial charge in [0.2, 0.25) is 0 Å². The van der Waals surface area contributed by atoms with Gasteiger partial charge in [-0.1, -0.05) is 50.2 Å². The molecule has 1 unspecified atom stereocenters. The van der Waals surface area contributed by atoms with Crippen LogP contribution >= 0.6 is 11.3 Å². The molecule has 0 aliphatic rings. The highest BCUT2D eigenvalue weighted by atomic mass is 32.1. The molecule has 6 heteroatoms. The second kappa shape index (κ2) is 10.7. The van der Waals surface area contributed by atoms with Crippen molar-refractivity contribution in [2.75, 3.05) is 25.0 Å². The molecule has 156 valence electrons. The Labute approximate surface area is 181 Å². The lowest BCUT2D eigenvalue weighted by Gasteiger charge is -2.30. The van der Waals surface area contributed by atoms with Crippen molar-refractivity contribution in [2.45, 2.75) is 19.9 Å². The van der Waals surface area contributed by atoms with Gasteiger partial charge in [-0.05, 0) is 54.4 Å². The zero-order valence-corrected chi connectivity index (χ0v) is 18.1. The first-order valence-corrected chi connectivity index (χ1v) is 11.0. The van der Waals surface area contributed by atoms with Crippen LogP contribution in [0.5, 0.6) is 0 Å². The van der Waals surface area contributed by atoms with Crippen molar-refractivity contribution < 1.29 is 9.59 Å².